The predicted octanol–water partition coefficient (Wildman–Crippen LogP) is -0.653. The Bertz CT molecular complexity index is 291. The first-order chi connectivity index (χ1) is 6.15. The Labute approximate surface area is 77.1 Å². The van der Waals surface area contributed by atoms with E-state index in [-0.39, 0.29) is 0 Å². The van der Waals surface area contributed by atoms with Crippen LogP contribution in [0.15, 0.2) is 18.2 Å². The van der Waals surface area contributed by atoms with Gasteiger partial charge in [-0.1, -0.05) is 6.07 Å². The lowest BCUT2D eigenvalue weighted by Gasteiger charge is -2.09. The van der Waals surface area contributed by atoms with Gasteiger partial charge in [0.25, 0.3) is 0 Å². The fraction of sp³-hybridized carbons (Fsp3) is 0.250. The molecule has 4 N–H and O–H groups in total. The Morgan fingerprint density at radius 1 is 1.46 bits per heavy atom. The highest BCUT2D eigenvalue weighted by atomic mass is 16.5. The van der Waals surface area contributed by atoms with E-state index in [1.54, 1.807) is 12.1 Å². The van der Waals surface area contributed by atoms with E-state index in [0.29, 0.717) is 23.5 Å². The predicted molar refractivity (Wildman–Crippen MR) is 51.8 cm³/mol. The van der Waals surface area contributed by atoms with Crippen LogP contribution in [-0.4, -0.2) is 23.8 Å². The van der Waals surface area contributed by atoms with Gasteiger partial charge in [0.1, 0.15) is 5.75 Å². The molecule has 0 unspecified atom stereocenters. The molecule has 1 aromatic rings. The summed E-state index contributed by atoms with van der Waals surface area (Å²) in [6, 6.07) is 4.70. The third kappa shape index (κ3) is 2.37. The van der Waals surface area contributed by atoms with Crippen molar-refractivity contribution in [1.82, 2.24) is 0 Å². The van der Waals surface area contributed by atoms with Gasteiger partial charge in [-0.3, -0.25) is 0 Å². The summed E-state index contributed by atoms with van der Waals surface area (Å²) >= 11 is 0. The molecule has 4 nitrogen and oxygen atoms in total. The van der Waals surface area contributed by atoms with Gasteiger partial charge in [-0.25, -0.2) is 0 Å². The summed E-state index contributed by atoms with van der Waals surface area (Å²) in [4.78, 5) is 0. The normalized spacial score (nSPS) is 9.77. The number of nitrogen functional groups attached to an aromatic ring is 1. The van der Waals surface area contributed by atoms with Crippen molar-refractivity contribution in [3.05, 3.63) is 18.2 Å². The van der Waals surface area contributed by atoms with Gasteiger partial charge in [-0.05, 0) is 13.0 Å². The van der Waals surface area contributed by atoms with E-state index in [2.05, 4.69) is 0 Å². The second-order valence-electron chi connectivity index (χ2n) is 2.60. The lowest BCUT2D eigenvalue weighted by atomic mass is 9.79. The van der Waals surface area contributed by atoms with E-state index >= 15 is 0 Å². The Kier molecular flexibility index (Phi) is 3.16. The van der Waals surface area contributed by atoms with Crippen LogP contribution >= 0.6 is 0 Å². The molecule has 13 heavy (non-hydrogen) atoms. The molecule has 0 spiro atoms. The van der Waals surface area contributed by atoms with Crippen molar-refractivity contribution >= 4 is 18.3 Å². The van der Waals surface area contributed by atoms with Gasteiger partial charge in [0, 0.05) is 17.2 Å². The molecular formula is C8H12BNO3. The molecule has 0 aliphatic carbocycles. The minimum Gasteiger partial charge on any atom is -0.494 e. The molecule has 1 aromatic carbocycles. The molecule has 0 radical (unpaired) electrons. The third-order valence-corrected chi connectivity index (χ3v) is 1.62. The van der Waals surface area contributed by atoms with Gasteiger partial charge < -0.3 is 20.5 Å². The van der Waals surface area contributed by atoms with Crippen LogP contribution in [0.3, 0.4) is 0 Å². The quantitative estimate of drug-likeness (QED) is 0.427. The Morgan fingerprint density at radius 2 is 2.15 bits per heavy atom. The van der Waals surface area contributed by atoms with Crippen molar-refractivity contribution in [2.24, 2.45) is 0 Å². The number of nitrogens with two attached hydrogens (primary N) is 1. The zero-order chi connectivity index (χ0) is 9.84. The maximum absolute atomic E-state index is 8.96. The molecule has 0 heterocycles. The monoisotopic (exact) mass is 181 g/mol. The molecule has 0 bridgehead atoms. The van der Waals surface area contributed by atoms with Gasteiger partial charge in [0.05, 0.1) is 6.61 Å². The van der Waals surface area contributed by atoms with Crippen molar-refractivity contribution in [1.29, 1.82) is 0 Å². The summed E-state index contributed by atoms with van der Waals surface area (Å²) in [5.74, 6) is 0.414. The largest absolute Gasteiger partial charge is 0.494 e. The second kappa shape index (κ2) is 4.16. The van der Waals surface area contributed by atoms with Crippen LogP contribution in [0.2, 0.25) is 0 Å². The Morgan fingerprint density at radius 3 is 2.69 bits per heavy atom. The van der Waals surface area contributed by atoms with Gasteiger partial charge in [-0.2, -0.15) is 0 Å². The van der Waals surface area contributed by atoms with E-state index in [1.165, 1.54) is 6.07 Å². The average Bonchev–Trinajstić information content (AvgIpc) is 2.04. The van der Waals surface area contributed by atoms with Crippen molar-refractivity contribution < 1.29 is 14.8 Å². The highest BCUT2D eigenvalue weighted by molar-refractivity contribution is 6.59. The molecule has 0 saturated carbocycles. The fourth-order valence-corrected chi connectivity index (χ4v) is 1.04. The molecule has 70 valence electrons. The van der Waals surface area contributed by atoms with Gasteiger partial charge in [-0.15, -0.1) is 0 Å². The number of ether oxygens (including phenoxy) is 1. The Balaban J connectivity index is 3.03. The number of anilines is 1. The molecule has 0 amide bonds. The van der Waals surface area contributed by atoms with Crippen LogP contribution in [0.4, 0.5) is 5.69 Å². The van der Waals surface area contributed by atoms with Gasteiger partial charge >= 0.3 is 7.12 Å². The van der Waals surface area contributed by atoms with Crippen LogP contribution in [0, 0.1) is 0 Å². The molecule has 1 rings (SSSR count). The van der Waals surface area contributed by atoms with Gasteiger partial charge in [0.2, 0.25) is 0 Å². The number of hydrogen-bond donors (Lipinski definition) is 3. The SMILES string of the molecule is CCOc1cc(N)ccc1B(O)O. The molecule has 0 atom stereocenters. The minimum absolute atomic E-state index is 0.330. The number of hydrogen-bond acceptors (Lipinski definition) is 4. The lowest BCUT2D eigenvalue weighted by Crippen LogP contribution is -2.31. The second-order valence-corrected chi connectivity index (χ2v) is 2.60. The molecule has 0 fully saturated rings. The van der Waals surface area contributed by atoms with E-state index < -0.39 is 7.12 Å². The average molecular weight is 181 g/mol. The van der Waals surface area contributed by atoms with E-state index in [9.17, 15) is 0 Å². The van der Waals surface area contributed by atoms with Crippen molar-refractivity contribution in [2.75, 3.05) is 12.3 Å². The molecule has 0 aliphatic heterocycles. The van der Waals surface area contributed by atoms with Crippen molar-refractivity contribution in [2.45, 2.75) is 6.92 Å². The topological polar surface area (TPSA) is 75.7 Å². The van der Waals surface area contributed by atoms with Gasteiger partial charge in [0.15, 0.2) is 0 Å². The van der Waals surface area contributed by atoms with Crippen LogP contribution in [-0.2, 0) is 0 Å². The van der Waals surface area contributed by atoms with Crippen LogP contribution in [0.5, 0.6) is 5.75 Å². The molecule has 0 saturated heterocycles. The highest BCUT2D eigenvalue weighted by Crippen LogP contribution is 2.12. The van der Waals surface area contributed by atoms with E-state index in [0.717, 1.165) is 0 Å². The summed E-state index contributed by atoms with van der Waals surface area (Å²) in [6.45, 7) is 2.28. The zero-order valence-electron chi connectivity index (χ0n) is 7.40. The van der Waals surface area contributed by atoms with Crippen LogP contribution < -0.4 is 15.9 Å². The molecule has 5 heteroatoms. The summed E-state index contributed by atoms with van der Waals surface area (Å²) in [6.07, 6.45) is 0. The zero-order valence-corrected chi connectivity index (χ0v) is 7.40. The summed E-state index contributed by atoms with van der Waals surface area (Å²) in [7, 11) is -1.53. The minimum atomic E-state index is -1.53. The summed E-state index contributed by atoms with van der Waals surface area (Å²) in [5.41, 5.74) is 6.38. The first kappa shape index (κ1) is 9.89. The Hall–Kier alpha value is -1.20. The molecule has 0 aliphatic rings. The third-order valence-electron chi connectivity index (χ3n) is 1.62. The van der Waals surface area contributed by atoms with E-state index in [1.807, 2.05) is 6.92 Å². The molecule has 0 aromatic heterocycles. The van der Waals surface area contributed by atoms with Crippen LogP contribution in [0.25, 0.3) is 0 Å². The van der Waals surface area contributed by atoms with Crippen molar-refractivity contribution in [3.8, 4) is 5.75 Å². The standard InChI is InChI=1S/C8H12BNO3/c1-2-13-8-5-6(10)3-4-7(8)9(11)12/h3-5,11-12H,2,10H2,1H3. The summed E-state index contributed by atoms with van der Waals surface area (Å²) < 4.78 is 5.18. The maximum atomic E-state index is 8.96. The number of rotatable bonds is 3. The van der Waals surface area contributed by atoms with Crippen molar-refractivity contribution in [3.63, 3.8) is 0 Å². The maximum Gasteiger partial charge on any atom is 0.492 e. The van der Waals surface area contributed by atoms with Crippen LogP contribution in [0.1, 0.15) is 6.92 Å². The van der Waals surface area contributed by atoms with E-state index in [4.69, 9.17) is 20.5 Å². The lowest BCUT2D eigenvalue weighted by molar-refractivity contribution is 0.340. The highest BCUT2D eigenvalue weighted by Gasteiger charge is 2.16. The smallest absolute Gasteiger partial charge is 0.492 e. The number of benzene rings is 1. The summed E-state index contributed by atoms with van der Waals surface area (Å²) in [5, 5.41) is 17.9. The first-order valence-corrected chi connectivity index (χ1v) is 4.03. The first-order valence-electron chi connectivity index (χ1n) is 4.03. The molecular weight excluding hydrogens is 169 g/mol. The fourth-order valence-electron chi connectivity index (χ4n) is 1.04.